The van der Waals surface area contributed by atoms with Crippen molar-refractivity contribution >= 4 is 21.6 Å². The summed E-state index contributed by atoms with van der Waals surface area (Å²) in [5, 5.41) is 12.9. The van der Waals surface area contributed by atoms with Gasteiger partial charge < -0.3 is 15.3 Å². The van der Waals surface area contributed by atoms with Gasteiger partial charge in [-0.3, -0.25) is 0 Å². The van der Waals surface area contributed by atoms with Crippen LogP contribution in [0.25, 0.3) is 0 Å². The predicted molar refractivity (Wildman–Crippen MR) is 76.4 cm³/mol. The van der Waals surface area contributed by atoms with E-state index in [0.717, 1.165) is 13.1 Å². The lowest BCUT2D eigenvalue weighted by molar-refractivity contribution is 0.128. The first-order chi connectivity index (χ1) is 8.56. The zero-order chi connectivity index (χ0) is 13.5. The first kappa shape index (κ1) is 15.4. The van der Waals surface area contributed by atoms with Crippen LogP contribution >= 0.6 is 15.9 Å². The molecule has 1 aromatic rings. The molecule has 18 heavy (non-hydrogen) atoms. The molecule has 0 spiro atoms. The minimum atomic E-state index is -0.461. The van der Waals surface area contributed by atoms with Gasteiger partial charge in [-0.2, -0.15) is 0 Å². The molecule has 0 aliphatic rings. The molecule has 1 aromatic carbocycles. The SMILES string of the molecule is CCN(CC)CC(O)CNc1ccc(Br)c(F)c1. The second-order valence-electron chi connectivity index (χ2n) is 4.15. The van der Waals surface area contributed by atoms with Crippen molar-refractivity contribution in [1.29, 1.82) is 0 Å². The van der Waals surface area contributed by atoms with Crippen molar-refractivity contribution in [2.24, 2.45) is 0 Å². The van der Waals surface area contributed by atoms with Crippen LogP contribution in [0.15, 0.2) is 22.7 Å². The second-order valence-corrected chi connectivity index (χ2v) is 5.00. The molecular formula is C13H20BrFN2O. The number of likely N-dealkylation sites (N-methyl/N-ethyl adjacent to an activating group) is 1. The molecule has 1 unspecified atom stereocenters. The molecule has 1 rings (SSSR count). The zero-order valence-electron chi connectivity index (χ0n) is 10.8. The van der Waals surface area contributed by atoms with Crippen molar-refractivity contribution in [2.75, 3.05) is 31.5 Å². The Balaban J connectivity index is 2.42. The summed E-state index contributed by atoms with van der Waals surface area (Å²) in [4.78, 5) is 2.15. The van der Waals surface area contributed by atoms with Gasteiger partial charge in [-0.1, -0.05) is 13.8 Å². The fraction of sp³-hybridized carbons (Fsp3) is 0.538. The summed E-state index contributed by atoms with van der Waals surface area (Å²) in [5.74, 6) is -0.307. The molecule has 0 aliphatic carbocycles. The topological polar surface area (TPSA) is 35.5 Å². The Bertz CT molecular complexity index is 372. The van der Waals surface area contributed by atoms with Crippen molar-refractivity contribution in [3.8, 4) is 0 Å². The van der Waals surface area contributed by atoms with Gasteiger partial charge in [0.2, 0.25) is 0 Å². The van der Waals surface area contributed by atoms with Crippen LogP contribution in [0.4, 0.5) is 10.1 Å². The number of rotatable bonds is 7. The van der Waals surface area contributed by atoms with Gasteiger partial charge in [0.1, 0.15) is 5.82 Å². The van der Waals surface area contributed by atoms with E-state index in [1.165, 1.54) is 6.07 Å². The zero-order valence-corrected chi connectivity index (χ0v) is 12.4. The van der Waals surface area contributed by atoms with Crippen molar-refractivity contribution in [1.82, 2.24) is 4.90 Å². The summed E-state index contributed by atoms with van der Waals surface area (Å²) < 4.78 is 13.7. The molecule has 3 nitrogen and oxygen atoms in total. The molecule has 0 heterocycles. The molecule has 0 bridgehead atoms. The molecule has 0 saturated carbocycles. The minimum absolute atomic E-state index is 0.307. The van der Waals surface area contributed by atoms with Crippen molar-refractivity contribution in [3.05, 3.63) is 28.5 Å². The molecule has 0 aliphatic heterocycles. The number of aliphatic hydroxyl groups excluding tert-OH is 1. The Kier molecular flexibility index (Phi) is 6.60. The molecule has 0 radical (unpaired) electrons. The number of nitrogens with zero attached hydrogens (tertiary/aromatic N) is 1. The third-order valence-electron chi connectivity index (χ3n) is 2.82. The molecule has 0 fully saturated rings. The number of hydrogen-bond acceptors (Lipinski definition) is 3. The second kappa shape index (κ2) is 7.71. The van der Waals surface area contributed by atoms with Gasteiger partial charge in [-0.05, 0) is 47.2 Å². The monoisotopic (exact) mass is 318 g/mol. The van der Waals surface area contributed by atoms with Crippen LogP contribution in [-0.4, -0.2) is 42.3 Å². The Hall–Kier alpha value is -0.650. The first-order valence-electron chi connectivity index (χ1n) is 6.16. The highest BCUT2D eigenvalue weighted by Gasteiger charge is 2.09. The number of benzene rings is 1. The standard InChI is InChI=1S/C13H20BrFN2O/c1-3-17(4-2)9-11(18)8-16-10-5-6-12(14)13(15)7-10/h5-7,11,16,18H,3-4,8-9H2,1-2H3. The highest BCUT2D eigenvalue weighted by atomic mass is 79.9. The highest BCUT2D eigenvalue weighted by Crippen LogP contribution is 2.19. The van der Waals surface area contributed by atoms with Crippen LogP contribution in [-0.2, 0) is 0 Å². The summed E-state index contributed by atoms with van der Waals surface area (Å²) in [6.07, 6.45) is -0.461. The summed E-state index contributed by atoms with van der Waals surface area (Å²) in [6.45, 7) is 7.00. The molecule has 0 aromatic heterocycles. The van der Waals surface area contributed by atoms with Crippen molar-refractivity contribution in [3.63, 3.8) is 0 Å². The van der Waals surface area contributed by atoms with E-state index in [0.29, 0.717) is 23.2 Å². The highest BCUT2D eigenvalue weighted by molar-refractivity contribution is 9.10. The summed E-state index contributed by atoms with van der Waals surface area (Å²) in [5.41, 5.74) is 0.675. The fourth-order valence-electron chi connectivity index (χ4n) is 1.69. The average Bonchev–Trinajstić information content (AvgIpc) is 2.37. The first-order valence-corrected chi connectivity index (χ1v) is 6.95. The maximum atomic E-state index is 13.3. The Morgan fingerprint density at radius 2 is 2.06 bits per heavy atom. The van der Waals surface area contributed by atoms with Gasteiger partial charge in [0.15, 0.2) is 0 Å². The van der Waals surface area contributed by atoms with Gasteiger partial charge in [0.05, 0.1) is 10.6 Å². The van der Waals surface area contributed by atoms with E-state index in [1.807, 2.05) is 0 Å². The number of halogens is 2. The Labute approximate surface area is 116 Å². The van der Waals surface area contributed by atoms with E-state index in [2.05, 4.69) is 40.0 Å². The predicted octanol–water partition coefficient (Wildman–Crippen LogP) is 2.70. The number of nitrogens with one attached hydrogen (secondary N) is 1. The van der Waals surface area contributed by atoms with Crippen molar-refractivity contribution < 1.29 is 9.50 Å². The number of hydrogen-bond donors (Lipinski definition) is 2. The maximum absolute atomic E-state index is 13.3. The smallest absolute Gasteiger partial charge is 0.139 e. The Morgan fingerprint density at radius 3 is 2.61 bits per heavy atom. The third-order valence-corrected chi connectivity index (χ3v) is 3.47. The molecular weight excluding hydrogens is 299 g/mol. The number of anilines is 1. The van der Waals surface area contributed by atoms with Crippen LogP contribution in [0.2, 0.25) is 0 Å². The normalized spacial score (nSPS) is 12.8. The summed E-state index contributed by atoms with van der Waals surface area (Å²) >= 11 is 3.10. The van der Waals surface area contributed by atoms with Crippen LogP contribution in [0.5, 0.6) is 0 Å². The van der Waals surface area contributed by atoms with Gasteiger partial charge in [-0.25, -0.2) is 4.39 Å². The molecule has 5 heteroatoms. The molecule has 2 N–H and O–H groups in total. The van der Waals surface area contributed by atoms with Crippen LogP contribution < -0.4 is 5.32 Å². The molecule has 1 atom stereocenters. The molecule has 102 valence electrons. The van der Waals surface area contributed by atoms with E-state index in [-0.39, 0.29) is 5.82 Å². The van der Waals surface area contributed by atoms with Gasteiger partial charge in [0, 0.05) is 18.8 Å². The van der Waals surface area contributed by atoms with E-state index in [4.69, 9.17) is 0 Å². The van der Waals surface area contributed by atoms with Crippen LogP contribution in [0.3, 0.4) is 0 Å². The van der Waals surface area contributed by atoms with Gasteiger partial charge >= 0.3 is 0 Å². The van der Waals surface area contributed by atoms with Crippen LogP contribution in [0.1, 0.15) is 13.8 Å². The lowest BCUT2D eigenvalue weighted by Gasteiger charge is -2.22. The Morgan fingerprint density at radius 1 is 1.39 bits per heavy atom. The lowest BCUT2D eigenvalue weighted by Crippen LogP contribution is -2.35. The minimum Gasteiger partial charge on any atom is -0.390 e. The fourth-order valence-corrected chi connectivity index (χ4v) is 1.93. The van der Waals surface area contributed by atoms with E-state index in [1.54, 1.807) is 12.1 Å². The number of aliphatic hydroxyl groups is 1. The van der Waals surface area contributed by atoms with E-state index >= 15 is 0 Å². The summed E-state index contributed by atoms with van der Waals surface area (Å²) in [7, 11) is 0. The van der Waals surface area contributed by atoms with Gasteiger partial charge in [0.25, 0.3) is 0 Å². The third kappa shape index (κ3) is 4.92. The quantitative estimate of drug-likeness (QED) is 0.811. The largest absolute Gasteiger partial charge is 0.390 e. The molecule has 0 amide bonds. The molecule has 0 saturated heterocycles. The van der Waals surface area contributed by atoms with E-state index in [9.17, 15) is 9.50 Å². The van der Waals surface area contributed by atoms with E-state index < -0.39 is 6.10 Å². The summed E-state index contributed by atoms with van der Waals surface area (Å²) in [6, 6.07) is 4.83. The van der Waals surface area contributed by atoms with Gasteiger partial charge in [-0.15, -0.1) is 0 Å². The lowest BCUT2D eigenvalue weighted by atomic mass is 10.2. The average molecular weight is 319 g/mol. The van der Waals surface area contributed by atoms with Crippen molar-refractivity contribution in [2.45, 2.75) is 20.0 Å². The maximum Gasteiger partial charge on any atom is 0.139 e. The van der Waals surface area contributed by atoms with Crippen LogP contribution in [0, 0.1) is 5.82 Å².